The molecule has 0 aromatic heterocycles. The van der Waals surface area contributed by atoms with Crippen LogP contribution in [0.2, 0.25) is 0 Å². The zero-order valence-corrected chi connectivity index (χ0v) is 20.9. The Bertz CT molecular complexity index is 614. The lowest BCUT2D eigenvalue weighted by Crippen LogP contribution is -2.17. The second kappa shape index (κ2) is 14.9. The van der Waals surface area contributed by atoms with Gasteiger partial charge in [0.1, 0.15) is 0 Å². The number of hydrogen-bond acceptors (Lipinski definition) is 0. The second-order valence-electron chi connectivity index (χ2n) is 10.9. The quantitative estimate of drug-likeness (QED) is 0.211. The summed E-state index contributed by atoms with van der Waals surface area (Å²) in [6.45, 7) is 2.12. The zero-order valence-electron chi connectivity index (χ0n) is 20.9. The van der Waals surface area contributed by atoms with Crippen LogP contribution >= 0.6 is 0 Å². The maximum Gasteiger partial charge on any atom is 0.0894 e. The average Bonchev–Trinajstić information content (AvgIpc) is 2.85. The Balaban J connectivity index is 1.26. The maximum atomic E-state index is 12.1. The van der Waals surface area contributed by atoms with Gasteiger partial charge in [0.15, 0.2) is 0 Å². The standard InChI is InChI=1S/C31H49F/c1-2-3-9-26-17-21-30(22-18-26)31-23-19-29(20-24-31)16-15-28-13-11-27(12-14-28)10-7-5-4-6-8-25-32/h5,7,17-18,21-22,27-29,31H,2-4,6,8-16,19-20,23-25H2,1H3/b7-5+/t27-,28-,29-,31-. The first-order chi connectivity index (χ1) is 15.8. The molecule has 0 radical (unpaired) electrons. The first kappa shape index (κ1) is 25.5. The highest BCUT2D eigenvalue weighted by atomic mass is 19.1. The van der Waals surface area contributed by atoms with E-state index in [0.717, 1.165) is 42.9 Å². The van der Waals surface area contributed by atoms with Gasteiger partial charge in [-0.1, -0.05) is 75.4 Å². The fourth-order valence-corrected chi connectivity index (χ4v) is 6.11. The van der Waals surface area contributed by atoms with E-state index >= 15 is 0 Å². The summed E-state index contributed by atoms with van der Waals surface area (Å²) in [7, 11) is 0. The van der Waals surface area contributed by atoms with Crippen molar-refractivity contribution in [3.8, 4) is 0 Å². The Kier molecular flexibility index (Phi) is 11.9. The molecule has 2 fully saturated rings. The predicted octanol–water partition coefficient (Wildman–Crippen LogP) is 9.98. The topological polar surface area (TPSA) is 0 Å². The minimum Gasteiger partial charge on any atom is -0.251 e. The van der Waals surface area contributed by atoms with Crippen molar-refractivity contribution in [3.63, 3.8) is 0 Å². The highest BCUT2D eigenvalue weighted by Crippen LogP contribution is 2.40. The number of aryl methyl sites for hydroxylation is 1. The largest absolute Gasteiger partial charge is 0.251 e. The molecule has 2 saturated carbocycles. The minimum absolute atomic E-state index is 0.160. The van der Waals surface area contributed by atoms with Crippen molar-refractivity contribution in [1.29, 1.82) is 0 Å². The maximum absolute atomic E-state index is 12.1. The van der Waals surface area contributed by atoms with E-state index in [1.54, 1.807) is 5.56 Å². The van der Waals surface area contributed by atoms with E-state index in [-0.39, 0.29) is 6.67 Å². The van der Waals surface area contributed by atoms with E-state index in [4.69, 9.17) is 0 Å². The van der Waals surface area contributed by atoms with Gasteiger partial charge in [-0.15, -0.1) is 0 Å². The summed E-state index contributed by atoms with van der Waals surface area (Å²) in [6.07, 6.45) is 27.0. The number of benzene rings is 1. The smallest absolute Gasteiger partial charge is 0.0894 e. The van der Waals surface area contributed by atoms with Crippen LogP contribution in [0.25, 0.3) is 0 Å². The van der Waals surface area contributed by atoms with E-state index in [2.05, 4.69) is 43.3 Å². The lowest BCUT2D eigenvalue weighted by Gasteiger charge is -2.32. The van der Waals surface area contributed by atoms with Gasteiger partial charge in [-0.2, -0.15) is 0 Å². The van der Waals surface area contributed by atoms with Crippen molar-refractivity contribution in [3.05, 3.63) is 47.5 Å². The molecule has 1 aromatic rings. The van der Waals surface area contributed by atoms with Gasteiger partial charge in [0, 0.05) is 0 Å². The Hall–Kier alpha value is -1.11. The van der Waals surface area contributed by atoms with Crippen LogP contribution in [0.3, 0.4) is 0 Å². The van der Waals surface area contributed by atoms with Crippen molar-refractivity contribution >= 4 is 0 Å². The Morgan fingerprint density at radius 1 is 0.750 bits per heavy atom. The van der Waals surface area contributed by atoms with Crippen LogP contribution in [0.4, 0.5) is 4.39 Å². The molecule has 0 atom stereocenters. The Labute approximate surface area is 198 Å². The molecule has 0 saturated heterocycles. The van der Waals surface area contributed by atoms with Gasteiger partial charge in [0.05, 0.1) is 6.67 Å². The summed E-state index contributed by atoms with van der Waals surface area (Å²) < 4.78 is 12.1. The van der Waals surface area contributed by atoms with Gasteiger partial charge in [-0.3, -0.25) is 4.39 Å². The van der Waals surface area contributed by atoms with E-state index in [9.17, 15) is 4.39 Å². The molecular formula is C31H49F. The molecule has 0 unspecified atom stereocenters. The van der Waals surface area contributed by atoms with Gasteiger partial charge in [0.25, 0.3) is 0 Å². The third-order valence-corrected chi connectivity index (χ3v) is 8.46. The monoisotopic (exact) mass is 440 g/mol. The van der Waals surface area contributed by atoms with Gasteiger partial charge >= 0.3 is 0 Å². The highest BCUT2D eigenvalue weighted by molar-refractivity contribution is 5.26. The number of allylic oxidation sites excluding steroid dienone is 2. The molecule has 0 heterocycles. The van der Waals surface area contributed by atoms with Crippen LogP contribution in [-0.4, -0.2) is 6.67 Å². The summed E-state index contributed by atoms with van der Waals surface area (Å²) in [5.74, 6) is 3.70. The molecule has 0 aliphatic heterocycles. The fraction of sp³-hybridized carbons (Fsp3) is 0.742. The molecule has 1 aromatic carbocycles. The molecule has 0 N–H and O–H groups in total. The van der Waals surface area contributed by atoms with Crippen molar-refractivity contribution in [2.45, 2.75) is 122 Å². The van der Waals surface area contributed by atoms with Gasteiger partial charge < -0.3 is 0 Å². The molecule has 2 aliphatic rings. The molecule has 3 rings (SSSR count). The van der Waals surface area contributed by atoms with Gasteiger partial charge in [-0.25, -0.2) is 0 Å². The Morgan fingerprint density at radius 3 is 2.00 bits per heavy atom. The number of unbranched alkanes of at least 4 members (excludes halogenated alkanes) is 3. The summed E-state index contributed by atoms with van der Waals surface area (Å²) in [6, 6.07) is 9.62. The first-order valence-corrected chi connectivity index (χ1v) is 14.1. The van der Waals surface area contributed by atoms with Crippen LogP contribution in [-0.2, 0) is 6.42 Å². The molecule has 0 nitrogen and oxygen atoms in total. The van der Waals surface area contributed by atoms with Crippen molar-refractivity contribution < 1.29 is 4.39 Å². The predicted molar refractivity (Wildman–Crippen MR) is 138 cm³/mol. The second-order valence-corrected chi connectivity index (χ2v) is 10.9. The lowest BCUT2D eigenvalue weighted by molar-refractivity contribution is 0.231. The first-order valence-electron chi connectivity index (χ1n) is 14.1. The van der Waals surface area contributed by atoms with Crippen LogP contribution in [0.15, 0.2) is 36.4 Å². The zero-order chi connectivity index (χ0) is 22.4. The van der Waals surface area contributed by atoms with Crippen molar-refractivity contribution in [1.82, 2.24) is 0 Å². The summed E-state index contributed by atoms with van der Waals surface area (Å²) in [4.78, 5) is 0. The summed E-state index contributed by atoms with van der Waals surface area (Å²) >= 11 is 0. The van der Waals surface area contributed by atoms with Crippen molar-refractivity contribution in [2.75, 3.05) is 6.67 Å². The number of alkyl halides is 1. The van der Waals surface area contributed by atoms with E-state index in [1.165, 1.54) is 95.5 Å². The van der Waals surface area contributed by atoms with E-state index in [0.29, 0.717) is 0 Å². The Morgan fingerprint density at radius 2 is 1.38 bits per heavy atom. The van der Waals surface area contributed by atoms with Crippen molar-refractivity contribution in [2.24, 2.45) is 17.8 Å². The van der Waals surface area contributed by atoms with Crippen LogP contribution in [0.1, 0.15) is 127 Å². The molecule has 0 bridgehead atoms. The molecule has 180 valence electrons. The van der Waals surface area contributed by atoms with Gasteiger partial charge in [-0.05, 0) is 112 Å². The lowest BCUT2D eigenvalue weighted by atomic mass is 9.74. The third kappa shape index (κ3) is 9.03. The normalized spacial score (nSPS) is 26.6. The SMILES string of the molecule is CCCCc1ccc([C@H]2CC[C@H](CC[C@H]3CC[C@H](C/C=C/CCCCF)CC3)CC2)cc1. The number of rotatable bonds is 13. The molecule has 2 aliphatic carbocycles. The average molecular weight is 441 g/mol. The molecule has 32 heavy (non-hydrogen) atoms. The number of hydrogen-bond donors (Lipinski definition) is 0. The molecule has 0 spiro atoms. The molecule has 0 amide bonds. The summed E-state index contributed by atoms with van der Waals surface area (Å²) in [5, 5.41) is 0. The van der Waals surface area contributed by atoms with Crippen LogP contribution in [0.5, 0.6) is 0 Å². The molecular weight excluding hydrogens is 391 g/mol. The van der Waals surface area contributed by atoms with Crippen LogP contribution in [0, 0.1) is 17.8 Å². The number of halogens is 1. The molecule has 1 heteroatoms. The fourth-order valence-electron chi connectivity index (χ4n) is 6.11. The highest BCUT2D eigenvalue weighted by Gasteiger charge is 2.25. The van der Waals surface area contributed by atoms with Gasteiger partial charge in [0.2, 0.25) is 0 Å². The summed E-state index contributed by atoms with van der Waals surface area (Å²) in [5.41, 5.74) is 3.11. The third-order valence-electron chi connectivity index (χ3n) is 8.46. The van der Waals surface area contributed by atoms with Crippen LogP contribution < -0.4 is 0 Å². The van der Waals surface area contributed by atoms with E-state index < -0.39 is 0 Å². The van der Waals surface area contributed by atoms with E-state index in [1.807, 2.05) is 0 Å². The minimum atomic E-state index is -0.160.